The van der Waals surface area contributed by atoms with Gasteiger partial charge in [-0.05, 0) is 26.2 Å². The van der Waals surface area contributed by atoms with E-state index in [-0.39, 0.29) is 0 Å². The van der Waals surface area contributed by atoms with Gasteiger partial charge in [0, 0.05) is 25.8 Å². The molecule has 15 heavy (non-hydrogen) atoms. The second-order valence-corrected chi connectivity index (χ2v) is 4.51. The van der Waals surface area contributed by atoms with Gasteiger partial charge in [0.25, 0.3) is 0 Å². The van der Waals surface area contributed by atoms with Gasteiger partial charge in [0.15, 0.2) is 0 Å². The zero-order valence-electron chi connectivity index (χ0n) is 10.3. The molecule has 0 spiro atoms. The molecule has 0 saturated carbocycles. The number of hydrogen-bond donors (Lipinski definition) is 1. The van der Waals surface area contributed by atoms with Gasteiger partial charge in [-0.25, -0.2) is 0 Å². The quantitative estimate of drug-likeness (QED) is 0.734. The highest BCUT2D eigenvalue weighted by atomic mass is 16.5. The SMILES string of the molecule is CCCC(COC)NC1CCOC(C)C1. The highest BCUT2D eigenvalue weighted by Crippen LogP contribution is 2.14. The molecule has 0 amide bonds. The van der Waals surface area contributed by atoms with Crippen molar-refractivity contribution in [1.82, 2.24) is 5.32 Å². The van der Waals surface area contributed by atoms with Gasteiger partial charge < -0.3 is 14.8 Å². The minimum absolute atomic E-state index is 0.404. The summed E-state index contributed by atoms with van der Waals surface area (Å²) in [6, 6.07) is 1.12. The lowest BCUT2D eigenvalue weighted by Gasteiger charge is -2.31. The van der Waals surface area contributed by atoms with Crippen LogP contribution >= 0.6 is 0 Å². The maximum atomic E-state index is 5.54. The number of hydrogen-bond acceptors (Lipinski definition) is 3. The van der Waals surface area contributed by atoms with Crippen LogP contribution in [0.4, 0.5) is 0 Å². The number of methoxy groups -OCH3 is 1. The molecule has 0 aromatic heterocycles. The molecule has 1 fully saturated rings. The average molecular weight is 215 g/mol. The predicted molar refractivity (Wildman–Crippen MR) is 62.1 cm³/mol. The normalized spacial score (nSPS) is 29.0. The van der Waals surface area contributed by atoms with Crippen molar-refractivity contribution < 1.29 is 9.47 Å². The minimum Gasteiger partial charge on any atom is -0.383 e. The molecule has 1 aliphatic rings. The van der Waals surface area contributed by atoms with E-state index in [1.54, 1.807) is 7.11 Å². The van der Waals surface area contributed by atoms with Crippen molar-refractivity contribution in [2.24, 2.45) is 0 Å². The van der Waals surface area contributed by atoms with Crippen molar-refractivity contribution in [2.75, 3.05) is 20.3 Å². The summed E-state index contributed by atoms with van der Waals surface area (Å²) in [4.78, 5) is 0. The molecule has 90 valence electrons. The molecule has 0 radical (unpaired) electrons. The molecule has 3 heteroatoms. The van der Waals surface area contributed by atoms with Gasteiger partial charge >= 0.3 is 0 Å². The van der Waals surface area contributed by atoms with Crippen molar-refractivity contribution in [3.63, 3.8) is 0 Å². The van der Waals surface area contributed by atoms with Gasteiger partial charge in [-0.1, -0.05) is 13.3 Å². The first-order chi connectivity index (χ1) is 7.26. The Morgan fingerprint density at radius 1 is 1.53 bits per heavy atom. The Morgan fingerprint density at radius 2 is 2.33 bits per heavy atom. The number of ether oxygens (including phenoxy) is 2. The van der Waals surface area contributed by atoms with E-state index in [2.05, 4.69) is 19.2 Å². The third kappa shape index (κ3) is 4.96. The summed E-state index contributed by atoms with van der Waals surface area (Å²) in [5.41, 5.74) is 0. The van der Waals surface area contributed by atoms with Gasteiger partial charge in [0.1, 0.15) is 0 Å². The second-order valence-electron chi connectivity index (χ2n) is 4.51. The van der Waals surface area contributed by atoms with Crippen LogP contribution in [-0.2, 0) is 9.47 Å². The van der Waals surface area contributed by atoms with E-state index in [1.807, 2.05) is 0 Å². The van der Waals surface area contributed by atoms with Gasteiger partial charge in [-0.15, -0.1) is 0 Å². The van der Waals surface area contributed by atoms with Crippen LogP contribution in [-0.4, -0.2) is 38.5 Å². The molecular formula is C12H25NO2. The van der Waals surface area contributed by atoms with Crippen molar-refractivity contribution in [2.45, 2.75) is 57.7 Å². The molecular weight excluding hydrogens is 190 g/mol. The Bertz CT molecular complexity index is 155. The predicted octanol–water partition coefficient (Wildman–Crippen LogP) is 1.96. The summed E-state index contributed by atoms with van der Waals surface area (Å²) >= 11 is 0. The zero-order chi connectivity index (χ0) is 11.1. The van der Waals surface area contributed by atoms with Crippen molar-refractivity contribution >= 4 is 0 Å². The molecule has 0 bridgehead atoms. The fraction of sp³-hybridized carbons (Fsp3) is 1.00. The maximum Gasteiger partial charge on any atom is 0.0615 e. The molecule has 0 aliphatic carbocycles. The molecule has 0 aromatic carbocycles. The summed E-state index contributed by atoms with van der Waals surface area (Å²) in [5, 5.41) is 3.68. The fourth-order valence-corrected chi connectivity index (χ4v) is 2.25. The van der Waals surface area contributed by atoms with Crippen molar-refractivity contribution in [3.8, 4) is 0 Å². The lowest BCUT2D eigenvalue weighted by Crippen LogP contribution is -2.45. The minimum atomic E-state index is 0.404. The highest BCUT2D eigenvalue weighted by molar-refractivity contribution is 4.78. The Morgan fingerprint density at radius 3 is 2.93 bits per heavy atom. The van der Waals surface area contributed by atoms with E-state index in [0.29, 0.717) is 18.2 Å². The topological polar surface area (TPSA) is 30.5 Å². The van der Waals surface area contributed by atoms with E-state index in [9.17, 15) is 0 Å². The van der Waals surface area contributed by atoms with Crippen LogP contribution in [0.1, 0.15) is 39.5 Å². The molecule has 0 aromatic rings. The largest absolute Gasteiger partial charge is 0.383 e. The fourth-order valence-electron chi connectivity index (χ4n) is 2.25. The van der Waals surface area contributed by atoms with Crippen LogP contribution in [0.2, 0.25) is 0 Å². The summed E-state index contributed by atoms with van der Waals surface area (Å²) in [6.45, 7) is 6.08. The molecule has 1 aliphatic heterocycles. The van der Waals surface area contributed by atoms with Crippen LogP contribution in [0.3, 0.4) is 0 Å². The molecule has 3 atom stereocenters. The third-order valence-electron chi connectivity index (χ3n) is 2.96. The average Bonchev–Trinajstić information content (AvgIpc) is 2.18. The molecule has 1 heterocycles. The van der Waals surface area contributed by atoms with Crippen LogP contribution in [0, 0.1) is 0 Å². The smallest absolute Gasteiger partial charge is 0.0615 e. The first-order valence-corrected chi connectivity index (χ1v) is 6.12. The summed E-state index contributed by atoms with van der Waals surface area (Å²) in [5.74, 6) is 0. The van der Waals surface area contributed by atoms with Crippen LogP contribution < -0.4 is 5.32 Å². The first kappa shape index (κ1) is 12.9. The maximum absolute atomic E-state index is 5.54. The van der Waals surface area contributed by atoms with E-state index in [0.717, 1.165) is 26.1 Å². The van der Waals surface area contributed by atoms with Crippen LogP contribution in [0.15, 0.2) is 0 Å². The van der Waals surface area contributed by atoms with Gasteiger partial charge in [-0.3, -0.25) is 0 Å². The van der Waals surface area contributed by atoms with E-state index < -0.39 is 0 Å². The summed E-state index contributed by atoms with van der Waals surface area (Å²) < 4.78 is 10.8. The van der Waals surface area contributed by atoms with Crippen molar-refractivity contribution in [3.05, 3.63) is 0 Å². The van der Waals surface area contributed by atoms with Gasteiger partial charge in [-0.2, -0.15) is 0 Å². The summed E-state index contributed by atoms with van der Waals surface area (Å²) in [6.07, 6.45) is 5.07. The molecule has 1 saturated heterocycles. The Labute approximate surface area is 93.5 Å². The van der Waals surface area contributed by atoms with E-state index in [1.165, 1.54) is 12.8 Å². The standard InChI is InChI=1S/C12H25NO2/c1-4-5-12(9-14-3)13-11-6-7-15-10(2)8-11/h10-13H,4-9H2,1-3H3. The van der Waals surface area contributed by atoms with Crippen molar-refractivity contribution in [1.29, 1.82) is 0 Å². The Kier molecular flexibility index (Phi) is 6.22. The Hall–Kier alpha value is -0.120. The monoisotopic (exact) mass is 215 g/mol. The van der Waals surface area contributed by atoms with E-state index >= 15 is 0 Å². The summed E-state index contributed by atoms with van der Waals surface area (Å²) in [7, 11) is 1.77. The number of rotatable bonds is 6. The van der Waals surface area contributed by atoms with Crippen LogP contribution in [0.5, 0.6) is 0 Å². The third-order valence-corrected chi connectivity index (χ3v) is 2.96. The molecule has 3 unspecified atom stereocenters. The zero-order valence-corrected chi connectivity index (χ0v) is 10.3. The Balaban J connectivity index is 2.28. The molecule has 1 N–H and O–H groups in total. The molecule has 3 nitrogen and oxygen atoms in total. The van der Waals surface area contributed by atoms with Gasteiger partial charge in [0.2, 0.25) is 0 Å². The first-order valence-electron chi connectivity index (χ1n) is 6.12. The number of nitrogens with one attached hydrogen (secondary N) is 1. The lowest BCUT2D eigenvalue weighted by molar-refractivity contribution is 0.00852. The lowest BCUT2D eigenvalue weighted by atomic mass is 10.0. The van der Waals surface area contributed by atoms with Gasteiger partial charge in [0.05, 0.1) is 12.7 Å². The second kappa shape index (κ2) is 7.20. The van der Waals surface area contributed by atoms with Crippen LogP contribution in [0.25, 0.3) is 0 Å². The highest BCUT2D eigenvalue weighted by Gasteiger charge is 2.21. The van der Waals surface area contributed by atoms with E-state index in [4.69, 9.17) is 9.47 Å². The molecule has 1 rings (SSSR count).